The number of nitrogen functional groups attached to an aromatic ring is 1. The van der Waals surface area contributed by atoms with E-state index in [1.807, 2.05) is 38.1 Å². The van der Waals surface area contributed by atoms with Crippen LogP contribution in [0.3, 0.4) is 0 Å². The lowest BCUT2D eigenvalue weighted by Gasteiger charge is -2.29. The number of ether oxygens (including phenoxy) is 1. The van der Waals surface area contributed by atoms with Gasteiger partial charge in [-0.2, -0.15) is 5.10 Å². The fourth-order valence-electron chi connectivity index (χ4n) is 2.56. The molecule has 0 saturated heterocycles. The molecule has 0 radical (unpaired) electrons. The van der Waals surface area contributed by atoms with Crippen molar-refractivity contribution < 1.29 is 9.53 Å². The summed E-state index contributed by atoms with van der Waals surface area (Å²) in [5, 5.41) is 4.31. The van der Waals surface area contributed by atoms with Crippen LogP contribution in [-0.2, 0) is 6.54 Å². The van der Waals surface area contributed by atoms with E-state index in [1.54, 1.807) is 9.58 Å². The van der Waals surface area contributed by atoms with Gasteiger partial charge in [0.25, 0.3) is 5.91 Å². The molecule has 1 aliphatic heterocycles. The summed E-state index contributed by atoms with van der Waals surface area (Å²) in [6.07, 6.45) is 0. The van der Waals surface area contributed by atoms with E-state index in [0.717, 1.165) is 11.4 Å². The average molecular weight is 286 g/mol. The maximum atomic E-state index is 12.9. The highest BCUT2D eigenvalue weighted by Crippen LogP contribution is 2.32. The lowest BCUT2D eigenvalue weighted by molar-refractivity contribution is 0.0967. The van der Waals surface area contributed by atoms with Crippen molar-refractivity contribution in [1.29, 1.82) is 0 Å². The quantitative estimate of drug-likeness (QED) is 0.914. The summed E-state index contributed by atoms with van der Waals surface area (Å²) in [6, 6.07) is 7.52. The van der Waals surface area contributed by atoms with Crippen molar-refractivity contribution in [3.63, 3.8) is 0 Å². The fourth-order valence-corrected chi connectivity index (χ4v) is 2.56. The zero-order valence-corrected chi connectivity index (χ0v) is 12.2. The molecule has 0 spiro atoms. The number of nitrogens with two attached hydrogens (primary N) is 1. The smallest absolute Gasteiger partial charge is 0.278 e. The van der Waals surface area contributed by atoms with Crippen molar-refractivity contribution in [3.8, 4) is 5.75 Å². The second kappa shape index (κ2) is 5.12. The Balaban J connectivity index is 2.05. The minimum absolute atomic E-state index is 0.134. The number of benzene rings is 1. The molecule has 0 bridgehead atoms. The number of carbonyl (C=O) groups excluding carboxylic acids is 1. The molecule has 2 heterocycles. The molecule has 110 valence electrons. The molecule has 1 aliphatic rings. The van der Waals surface area contributed by atoms with Gasteiger partial charge in [0, 0.05) is 6.54 Å². The van der Waals surface area contributed by atoms with E-state index in [0.29, 0.717) is 36.8 Å². The van der Waals surface area contributed by atoms with Crippen LogP contribution in [0.15, 0.2) is 24.3 Å². The van der Waals surface area contributed by atoms with E-state index in [1.165, 1.54) is 0 Å². The standard InChI is InChI=1S/C15H18N4O2/c1-3-19-14(13(16)10(2)17-19)15(20)18-8-9-21-12-7-5-4-6-11(12)18/h4-7H,3,8-9,16H2,1-2H3. The van der Waals surface area contributed by atoms with Gasteiger partial charge in [-0.3, -0.25) is 9.48 Å². The number of fused-ring (bicyclic) bond motifs is 1. The Bertz CT molecular complexity index is 693. The number of nitrogens with zero attached hydrogens (tertiary/aromatic N) is 3. The van der Waals surface area contributed by atoms with Crippen molar-refractivity contribution in [2.24, 2.45) is 0 Å². The van der Waals surface area contributed by atoms with Gasteiger partial charge < -0.3 is 15.4 Å². The molecular formula is C15H18N4O2. The van der Waals surface area contributed by atoms with Gasteiger partial charge in [0.15, 0.2) is 0 Å². The van der Waals surface area contributed by atoms with Gasteiger partial charge in [0.05, 0.1) is 23.6 Å². The van der Waals surface area contributed by atoms with Crippen LogP contribution in [0.2, 0.25) is 0 Å². The summed E-state index contributed by atoms with van der Waals surface area (Å²) in [5.74, 6) is 0.584. The number of para-hydroxylation sites is 2. The molecule has 0 aliphatic carbocycles. The number of anilines is 2. The Labute approximate surface area is 123 Å². The van der Waals surface area contributed by atoms with Gasteiger partial charge in [0.1, 0.15) is 18.1 Å². The number of hydrogen-bond acceptors (Lipinski definition) is 4. The Morgan fingerprint density at radius 2 is 2.19 bits per heavy atom. The highest BCUT2D eigenvalue weighted by atomic mass is 16.5. The SMILES string of the molecule is CCn1nc(C)c(N)c1C(=O)N1CCOc2ccccc21. The monoisotopic (exact) mass is 286 g/mol. The van der Waals surface area contributed by atoms with E-state index >= 15 is 0 Å². The van der Waals surface area contributed by atoms with E-state index in [-0.39, 0.29) is 5.91 Å². The lowest BCUT2D eigenvalue weighted by atomic mass is 10.2. The van der Waals surface area contributed by atoms with Crippen LogP contribution in [0.5, 0.6) is 5.75 Å². The normalized spacial score (nSPS) is 13.7. The molecule has 3 rings (SSSR count). The van der Waals surface area contributed by atoms with E-state index in [2.05, 4.69) is 5.10 Å². The van der Waals surface area contributed by atoms with Gasteiger partial charge in [0.2, 0.25) is 0 Å². The molecule has 6 heteroatoms. The summed E-state index contributed by atoms with van der Waals surface area (Å²) in [4.78, 5) is 14.6. The summed E-state index contributed by atoms with van der Waals surface area (Å²) in [6.45, 7) is 5.33. The van der Waals surface area contributed by atoms with Gasteiger partial charge >= 0.3 is 0 Å². The number of hydrogen-bond donors (Lipinski definition) is 1. The predicted molar refractivity (Wildman–Crippen MR) is 80.7 cm³/mol. The Kier molecular flexibility index (Phi) is 3.29. The number of rotatable bonds is 2. The van der Waals surface area contributed by atoms with Crippen LogP contribution in [0.4, 0.5) is 11.4 Å². The van der Waals surface area contributed by atoms with Gasteiger partial charge in [-0.1, -0.05) is 12.1 Å². The summed E-state index contributed by atoms with van der Waals surface area (Å²) in [7, 11) is 0. The largest absolute Gasteiger partial charge is 0.490 e. The zero-order valence-electron chi connectivity index (χ0n) is 12.2. The van der Waals surface area contributed by atoms with E-state index in [9.17, 15) is 4.79 Å². The number of carbonyl (C=O) groups is 1. The van der Waals surface area contributed by atoms with Crippen molar-refractivity contribution in [1.82, 2.24) is 9.78 Å². The second-order valence-electron chi connectivity index (χ2n) is 4.94. The summed E-state index contributed by atoms with van der Waals surface area (Å²) >= 11 is 0. The maximum absolute atomic E-state index is 12.9. The number of aromatic nitrogens is 2. The Morgan fingerprint density at radius 1 is 1.43 bits per heavy atom. The first-order chi connectivity index (χ1) is 10.1. The molecule has 2 aromatic rings. The molecule has 1 aromatic heterocycles. The average Bonchev–Trinajstić information content (AvgIpc) is 2.81. The Morgan fingerprint density at radius 3 is 2.95 bits per heavy atom. The third-order valence-electron chi connectivity index (χ3n) is 3.65. The Hall–Kier alpha value is -2.50. The molecular weight excluding hydrogens is 268 g/mol. The second-order valence-corrected chi connectivity index (χ2v) is 4.94. The van der Waals surface area contributed by atoms with Gasteiger partial charge in [-0.05, 0) is 26.0 Å². The van der Waals surface area contributed by atoms with Crippen LogP contribution in [0, 0.1) is 6.92 Å². The first-order valence-electron chi connectivity index (χ1n) is 7.00. The highest BCUT2D eigenvalue weighted by Gasteiger charge is 2.29. The molecule has 0 fully saturated rings. The van der Waals surface area contributed by atoms with Crippen LogP contribution in [-0.4, -0.2) is 28.8 Å². The first kappa shape index (κ1) is 13.5. The first-order valence-corrected chi connectivity index (χ1v) is 7.00. The molecule has 2 N–H and O–H groups in total. The summed E-state index contributed by atoms with van der Waals surface area (Å²) < 4.78 is 7.24. The van der Waals surface area contributed by atoms with Gasteiger partial charge in [-0.25, -0.2) is 0 Å². The minimum Gasteiger partial charge on any atom is -0.490 e. The third kappa shape index (κ3) is 2.12. The minimum atomic E-state index is -0.134. The maximum Gasteiger partial charge on any atom is 0.278 e. The highest BCUT2D eigenvalue weighted by molar-refractivity contribution is 6.09. The zero-order chi connectivity index (χ0) is 15.0. The molecule has 1 aromatic carbocycles. The van der Waals surface area contributed by atoms with Crippen LogP contribution in [0.25, 0.3) is 0 Å². The number of amides is 1. The van der Waals surface area contributed by atoms with Crippen LogP contribution < -0.4 is 15.4 Å². The predicted octanol–water partition coefficient (Wildman–Crippen LogP) is 1.83. The van der Waals surface area contributed by atoms with Gasteiger partial charge in [-0.15, -0.1) is 0 Å². The molecule has 0 saturated carbocycles. The fraction of sp³-hybridized carbons (Fsp3) is 0.333. The van der Waals surface area contributed by atoms with Crippen molar-refractivity contribution >= 4 is 17.3 Å². The topological polar surface area (TPSA) is 73.4 Å². The van der Waals surface area contributed by atoms with E-state index < -0.39 is 0 Å². The third-order valence-corrected chi connectivity index (χ3v) is 3.65. The van der Waals surface area contributed by atoms with Crippen LogP contribution >= 0.6 is 0 Å². The molecule has 0 unspecified atom stereocenters. The molecule has 0 atom stereocenters. The summed E-state index contributed by atoms with van der Waals surface area (Å²) in [5.41, 5.74) is 8.40. The van der Waals surface area contributed by atoms with Crippen molar-refractivity contribution in [3.05, 3.63) is 35.7 Å². The number of aryl methyl sites for hydroxylation is 2. The van der Waals surface area contributed by atoms with E-state index in [4.69, 9.17) is 10.5 Å². The van der Waals surface area contributed by atoms with Crippen molar-refractivity contribution in [2.45, 2.75) is 20.4 Å². The molecule has 1 amide bonds. The lowest BCUT2D eigenvalue weighted by Crippen LogP contribution is -2.39. The molecule has 6 nitrogen and oxygen atoms in total. The van der Waals surface area contributed by atoms with Crippen molar-refractivity contribution in [2.75, 3.05) is 23.8 Å². The molecule has 21 heavy (non-hydrogen) atoms. The van der Waals surface area contributed by atoms with Crippen LogP contribution in [0.1, 0.15) is 23.1 Å².